The quantitative estimate of drug-likeness (QED) is 0.927. The molecule has 0 radical (unpaired) electrons. The summed E-state index contributed by atoms with van der Waals surface area (Å²) in [5.74, 6) is 1.00. The van der Waals surface area contributed by atoms with Gasteiger partial charge in [-0.15, -0.1) is 0 Å². The van der Waals surface area contributed by atoms with E-state index in [9.17, 15) is 0 Å². The van der Waals surface area contributed by atoms with Gasteiger partial charge in [-0.2, -0.15) is 0 Å². The van der Waals surface area contributed by atoms with E-state index in [4.69, 9.17) is 4.99 Å². The predicted octanol–water partition coefficient (Wildman–Crippen LogP) is 4.01. The molecule has 1 aliphatic rings. The molecule has 1 unspecified atom stereocenters. The van der Waals surface area contributed by atoms with Gasteiger partial charge < -0.3 is 10.2 Å². The van der Waals surface area contributed by atoms with Crippen molar-refractivity contribution in [1.82, 2.24) is 0 Å². The largest absolute Gasteiger partial charge is 0.378 e. The monoisotopic (exact) mass is 297 g/mol. The standard InChI is InChI=1S/C17H19N3S/c1-20(2)15-10-8-14(9-11-15)18-17-19-16(12-21-17)13-6-4-3-5-7-13/h3-11,16H,12H2,1-2H3,(H,18,19). The second-order valence-corrected chi connectivity index (χ2v) is 6.25. The molecule has 0 fully saturated rings. The maximum atomic E-state index is 4.77. The minimum Gasteiger partial charge on any atom is -0.378 e. The molecule has 1 N–H and O–H groups in total. The third kappa shape index (κ3) is 3.39. The van der Waals surface area contributed by atoms with Gasteiger partial charge in [-0.05, 0) is 29.8 Å². The molecule has 21 heavy (non-hydrogen) atoms. The Hall–Kier alpha value is -1.94. The van der Waals surface area contributed by atoms with Crippen molar-refractivity contribution in [3.8, 4) is 0 Å². The number of amidine groups is 1. The molecular weight excluding hydrogens is 278 g/mol. The van der Waals surface area contributed by atoms with Crippen LogP contribution in [-0.4, -0.2) is 25.0 Å². The van der Waals surface area contributed by atoms with Gasteiger partial charge in [0.1, 0.15) is 0 Å². The van der Waals surface area contributed by atoms with Crippen LogP contribution < -0.4 is 10.2 Å². The second kappa shape index (κ2) is 6.22. The van der Waals surface area contributed by atoms with E-state index in [1.807, 2.05) is 20.2 Å². The van der Waals surface area contributed by atoms with Crippen LogP contribution in [0.1, 0.15) is 11.6 Å². The Labute approximate surface area is 130 Å². The van der Waals surface area contributed by atoms with Crippen LogP contribution in [0.4, 0.5) is 11.4 Å². The maximum absolute atomic E-state index is 4.77. The summed E-state index contributed by atoms with van der Waals surface area (Å²) in [7, 11) is 4.09. The molecule has 1 atom stereocenters. The first-order chi connectivity index (χ1) is 10.2. The highest BCUT2D eigenvalue weighted by molar-refractivity contribution is 8.14. The summed E-state index contributed by atoms with van der Waals surface area (Å²) < 4.78 is 0. The first kappa shape index (κ1) is 14.0. The topological polar surface area (TPSA) is 27.6 Å². The number of thioether (sulfide) groups is 1. The fourth-order valence-corrected chi connectivity index (χ4v) is 3.23. The van der Waals surface area contributed by atoms with E-state index >= 15 is 0 Å². The Morgan fingerprint density at radius 3 is 2.43 bits per heavy atom. The fraction of sp³-hybridized carbons (Fsp3) is 0.235. The normalized spacial score (nSPS) is 17.4. The van der Waals surface area contributed by atoms with Crippen molar-refractivity contribution in [2.75, 3.05) is 30.1 Å². The van der Waals surface area contributed by atoms with Gasteiger partial charge in [0.25, 0.3) is 0 Å². The third-order valence-corrected chi connectivity index (χ3v) is 4.43. The lowest BCUT2D eigenvalue weighted by Crippen LogP contribution is -2.09. The molecule has 0 aromatic heterocycles. The average Bonchev–Trinajstić information content (AvgIpc) is 2.97. The lowest BCUT2D eigenvalue weighted by Gasteiger charge is -2.13. The number of anilines is 2. The van der Waals surface area contributed by atoms with Gasteiger partial charge in [-0.1, -0.05) is 42.1 Å². The predicted molar refractivity (Wildman–Crippen MR) is 93.5 cm³/mol. The summed E-state index contributed by atoms with van der Waals surface area (Å²) in [4.78, 5) is 6.86. The van der Waals surface area contributed by atoms with Gasteiger partial charge in [0.05, 0.1) is 6.04 Å². The van der Waals surface area contributed by atoms with Crippen LogP contribution in [0.15, 0.2) is 59.6 Å². The zero-order chi connectivity index (χ0) is 14.7. The average molecular weight is 297 g/mol. The molecule has 0 saturated carbocycles. The Kier molecular flexibility index (Phi) is 4.15. The van der Waals surface area contributed by atoms with E-state index in [2.05, 4.69) is 58.7 Å². The number of hydrogen-bond acceptors (Lipinski definition) is 4. The molecule has 2 aromatic rings. The number of aliphatic imine (C=N–C) groups is 1. The van der Waals surface area contributed by atoms with Crippen molar-refractivity contribution in [3.05, 3.63) is 60.2 Å². The van der Waals surface area contributed by atoms with E-state index in [1.165, 1.54) is 11.3 Å². The van der Waals surface area contributed by atoms with Crippen LogP contribution in [0.5, 0.6) is 0 Å². The Morgan fingerprint density at radius 2 is 1.76 bits per heavy atom. The van der Waals surface area contributed by atoms with E-state index < -0.39 is 0 Å². The van der Waals surface area contributed by atoms with Crippen molar-refractivity contribution in [3.63, 3.8) is 0 Å². The van der Waals surface area contributed by atoms with Gasteiger partial charge in [0, 0.05) is 31.2 Å². The molecule has 1 heterocycles. The van der Waals surface area contributed by atoms with Crippen LogP contribution >= 0.6 is 11.8 Å². The number of rotatable bonds is 3. The van der Waals surface area contributed by atoms with E-state index in [-0.39, 0.29) is 6.04 Å². The van der Waals surface area contributed by atoms with E-state index in [0.29, 0.717) is 0 Å². The van der Waals surface area contributed by atoms with Crippen LogP contribution in [0.3, 0.4) is 0 Å². The van der Waals surface area contributed by atoms with Gasteiger partial charge in [0.15, 0.2) is 5.17 Å². The van der Waals surface area contributed by atoms with Gasteiger partial charge in [0.2, 0.25) is 0 Å². The Bertz CT molecular complexity index is 620. The summed E-state index contributed by atoms with van der Waals surface area (Å²) >= 11 is 1.78. The number of nitrogens with one attached hydrogen (secondary N) is 1. The lowest BCUT2D eigenvalue weighted by molar-refractivity contribution is 0.849. The van der Waals surface area contributed by atoms with Crippen LogP contribution in [-0.2, 0) is 0 Å². The zero-order valence-corrected chi connectivity index (χ0v) is 13.1. The maximum Gasteiger partial charge on any atom is 0.161 e. The van der Waals surface area contributed by atoms with Gasteiger partial charge >= 0.3 is 0 Å². The second-order valence-electron chi connectivity index (χ2n) is 5.24. The van der Waals surface area contributed by atoms with Crippen molar-refractivity contribution in [1.29, 1.82) is 0 Å². The molecule has 0 bridgehead atoms. The van der Waals surface area contributed by atoms with Crippen LogP contribution in [0.25, 0.3) is 0 Å². The molecule has 0 aliphatic carbocycles. The van der Waals surface area contributed by atoms with Crippen molar-refractivity contribution in [2.24, 2.45) is 4.99 Å². The van der Waals surface area contributed by atoms with E-state index in [1.54, 1.807) is 11.8 Å². The van der Waals surface area contributed by atoms with Crippen molar-refractivity contribution >= 4 is 28.3 Å². The summed E-state index contributed by atoms with van der Waals surface area (Å²) in [6, 6.07) is 19.1. The summed E-state index contributed by atoms with van der Waals surface area (Å²) in [5, 5.41) is 4.40. The molecule has 1 aliphatic heterocycles. The molecular formula is C17H19N3S. The number of benzene rings is 2. The molecule has 0 saturated heterocycles. The van der Waals surface area contributed by atoms with Gasteiger partial charge in [-0.3, -0.25) is 4.99 Å². The fourth-order valence-electron chi connectivity index (χ4n) is 2.25. The smallest absolute Gasteiger partial charge is 0.161 e. The van der Waals surface area contributed by atoms with Crippen molar-refractivity contribution < 1.29 is 0 Å². The number of hydrogen-bond donors (Lipinski definition) is 1. The van der Waals surface area contributed by atoms with Crippen molar-refractivity contribution in [2.45, 2.75) is 6.04 Å². The first-order valence-electron chi connectivity index (χ1n) is 7.02. The van der Waals surface area contributed by atoms with Crippen LogP contribution in [0, 0.1) is 0 Å². The Balaban J connectivity index is 1.68. The minimum absolute atomic E-state index is 0.264. The molecule has 108 valence electrons. The summed E-state index contributed by atoms with van der Waals surface area (Å²) in [6.45, 7) is 0. The van der Waals surface area contributed by atoms with Crippen LogP contribution in [0.2, 0.25) is 0 Å². The molecule has 0 amide bonds. The SMILES string of the molecule is CN(C)c1ccc(NC2=NC(c3ccccc3)CS2)cc1. The highest BCUT2D eigenvalue weighted by atomic mass is 32.2. The summed E-state index contributed by atoms with van der Waals surface area (Å²) in [6.07, 6.45) is 0. The first-order valence-corrected chi connectivity index (χ1v) is 8.01. The highest BCUT2D eigenvalue weighted by Gasteiger charge is 2.19. The van der Waals surface area contributed by atoms with E-state index in [0.717, 1.165) is 16.6 Å². The zero-order valence-electron chi connectivity index (χ0n) is 12.3. The molecule has 2 aromatic carbocycles. The highest BCUT2D eigenvalue weighted by Crippen LogP contribution is 2.30. The minimum atomic E-state index is 0.264. The molecule has 3 nitrogen and oxygen atoms in total. The summed E-state index contributed by atoms with van der Waals surface area (Å²) in [5.41, 5.74) is 3.56. The lowest BCUT2D eigenvalue weighted by atomic mass is 10.1. The molecule has 4 heteroatoms. The Morgan fingerprint density at radius 1 is 1.05 bits per heavy atom. The van der Waals surface area contributed by atoms with Gasteiger partial charge in [-0.25, -0.2) is 0 Å². The third-order valence-electron chi connectivity index (χ3n) is 3.47. The molecule has 0 spiro atoms. The number of nitrogens with zero attached hydrogens (tertiary/aromatic N) is 2. The molecule has 3 rings (SSSR count).